The minimum Gasteiger partial charge on any atom is -0.0803 e. The van der Waals surface area contributed by atoms with E-state index in [4.69, 9.17) is 0 Å². The van der Waals surface area contributed by atoms with Crippen molar-refractivity contribution in [2.24, 2.45) is 0 Å². The lowest BCUT2D eigenvalue weighted by atomic mass is 10.2. The van der Waals surface area contributed by atoms with E-state index >= 15 is 0 Å². The van der Waals surface area contributed by atoms with Crippen LogP contribution in [0.5, 0.6) is 0 Å². The molecule has 67 valence electrons. The molecule has 0 aromatic carbocycles. The van der Waals surface area contributed by atoms with E-state index in [1.807, 2.05) is 0 Å². The molecule has 0 saturated carbocycles. The van der Waals surface area contributed by atoms with Gasteiger partial charge in [0, 0.05) is 0 Å². The Bertz CT molecular complexity index is 218. The molecule has 1 radical (unpaired) electrons. The molecule has 1 aliphatic rings. The summed E-state index contributed by atoms with van der Waals surface area (Å²) in [5.41, 5.74) is 2.33. The van der Waals surface area contributed by atoms with Crippen LogP contribution in [0.4, 0.5) is 0 Å². The van der Waals surface area contributed by atoms with Crippen LogP contribution in [0.15, 0.2) is 23.8 Å². The summed E-state index contributed by atoms with van der Waals surface area (Å²) in [6, 6.07) is 0. The highest BCUT2D eigenvalue weighted by atomic mass is 28.3. The summed E-state index contributed by atoms with van der Waals surface area (Å²) in [5.74, 6) is 0. The molecule has 1 aliphatic carbocycles. The van der Waals surface area contributed by atoms with Crippen LogP contribution in [-0.2, 0) is 0 Å². The van der Waals surface area contributed by atoms with Crippen molar-refractivity contribution in [2.75, 3.05) is 0 Å². The highest BCUT2D eigenvalue weighted by molar-refractivity contribution is 6.63. The second-order valence-electron chi connectivity index (χ2n) is 4.71. The first-order valence-corrected chi connectivity index (χ1v) is 6.69. The van der Waals surface area contributed by atoms with E-state index in [0.717, 1.165) is 5.54 Å². The molecule has 1 heteroatoms. The fourth-order valence-corrected chi connectivity index (χ4v) is 3.64. The summed E-state index contributed by atoms with van der Waals surface area (Å²) in [6.07, 6.45) is 6.83. The maximum atomic E-state index is 2.45. The van der Waals surface area contributed by atoms with Crippen LogP contribution < -0.4 is 0 Å². The van der Waals surface area contributed by atoms with Gasteiger partial charge in [0.15, 0.2) is 0 Å². The minimum atomic E-state index is -0.287. The zero-order valence-electron chi connectivity index (χ0n) is 8.81. The summed E-state index contributed by atoms with van der Waals surface area (Å²) in [4.78, 5) is 0. The van der Waals surface area contributed by atoms with Crippen LogP contribution in [0.3, 0.4) is 0 Å². The number of allylic oxidation sites excluding steroid dienone is 4. The fourth-order valence-electron chi connectivity index (χ4n) is 1.53. The Labute approximate surface area is 78.0 Å². The lowest BCUT2D eigenvalue weighted by Gasteiger charge is -2.30. The molecule has 0 aromatic rings. The molecule has 1 rings (SSSR count). The average Bonchev–Trinajstić information content (AvgIpc) is 2.31. The van der Waals surface area contributed by atoms with Gasteiger partial charge >= 0.3 is 0 Å². The monoisotopic (exact) mass is 179 g/mol. The van der Waals surface area contributed by atoms with Crippen LogP contribution in [0.2, 0.25) is 17.1 Å². The van der Waals surface area contributed by atoms with Gasteiger partial charge in [0.25, 0.3) is 0 Å². The Morgan fingerprint density at radius 1 is 1.33 bits per heavy atom. The first-order valence-electron chi connectivity index (χ1n) is 4.62. The summed E-state index contributed by atoms with van der Waals surface area (Å²) in [6.45, 7) is 11.8. The molecule has 12 heavy (non-hydrogen) atoms. The van der Waals surface area contributed by atoms with Gasteiger partial charge in [-0.2, -0.15) is 0 Å². The van der Waals surface area contributed by atoms with Crippen molar-refractivity contribution in [1.82, 2.24) is 0 Å². The van der Waals surface area contributed by atoms with Crippen LogP contribution >= 0.6 is 0 Å². The van der Waals surface area contributed by atoms with Crippen molar-refractivity contribution in [2.45, 2.75) is 44.8 Å². The molecular formula is C11H19Si. The zero-order chi connectivity index (χ0) is 9.35. The maximum absolute atomic E-state index is 2.45. The van der Waals surface area contributed by atoms with Gasteiger partial charge in [-0.3, -0.25) is 0 Å². The molecular weight excluding hydrogens is 160 g/mol. The van der Waals surface area contributed by atoms with Gasteiger partial charge in [-0.1, -0.05) is 51.1 Å². The highest BCUT2D eigenvalue weighted by Crippen LogP contribution is 2.39. The van der Waals surface area contributed by atoms with Gasteiger partial charge in [-0.15, -0.1) is 0 Å². The largest absolute Gasteiger partial charge is 0.0803 e. The van der Waals surface area contributed by atoms with Crippen LogP contribution in [0, 0.1) is 0 Å². The standard InChI is InChI=1S/C11H19Si/c1-9-7-6-8-10(9)12(5)11(2,3)4/h6-8,10H,1-5H3. The second kappa shape index (κ2) is 3.21. The van der Waals surface area contributed by atoms with Crippen molar-refractivity contribution < 1.29 is 0 Å². The lowest BCUT2D eigenvalue weighted by Crippen LogP contribution is -2.26. The van der Waals surface area contributed by atoms with Gasteiger partial charge in [0.05, 0.1) is 8.80 Å². The third-order valence-electron chi connectivity index (χ3n) is 2.80. The van der Waals surface area contributed by atoms with Crippen LogP contribution in [-0.4, -0.2) is 8.80 Å². The van der Waals surface area contributed by atoms with Crippen LogP contribution in [0.1, 0.15) is 27.7 Å². The zero-order valence-corrected chi connectivity index (χ0v) is 9.81. The smallest absolute Gasteiger partial charge is 0.0632 e. The molecule has 0 heterocycles. The van der Waals surface area contributed by atoms with E-state index in [2.05, 4.69) is 52.5 Å². The lowest BCUT2D eigenvalue weighted by molar-refractivity contribution is 0.728. The van der Waals surface area contributed by atoms with E-state index in [1.165, 1.54) is 0 Å². The molecule has 0 aromatic heterocycles. The normalized spacial score (nSPS) is 23.5. The van der Waals surface area contributed by atoms with Crippen molar-refractivity contribution in [3.63, 3.8) is 0 Å². The summed E-state index contributed by atoms with van der Waals surface area (Å²) in [5, 5.41) is 0.513. The number of rotatable bonds is 1. The average molecular weight is 179 g/mol. The minimum absolute atomic E-state index is 0.287. The second-order valence-corrected chi connectivity index (χ2v) is 8.19. The van der Waals surface area contributed by atoms with E-state index in [9.17, 15) is 0 Å². The Morgan fingerprint density at radius 2 is 1.92 bits per heavy atom. The van der Waals surface area contributed by atoms with Gasteiger partial charge in [-0.05, 0) is 17.5 Å². The third-order valence-corrected chi connectivity index (χ3v) is 6.75. The van der Waals surface area contributed by atoms with E-state index in [0.29, 0.717) is 5.04 Å². The molecule has 1 unspecified atom stereocenters. The Hall–Kier alpha value is -0.303. The first kappa shape index (κ1) is 9.78. The maximum Gasteiger partial charge on any atom is 0.0632 e. The SMILES string of the molecule is CC1=CC=CC1[Si](C)C(C)(C)C. The number of hydrogen-bond acceptors (Lipinski definition) is 0. The fraction of sp³-hybridized carbons (Fsp3) is 0.636. The van der Waals surface area contributed by atoms with Crippen molar-refractivity contribution >= 4 is 8.80 Å². The van der Waals surface area contributed by atoms with E-state index in [1.54, 1.807) is 5.57 Å². The van der Waals surface area contributed by atoms with Gasteiger partial charge < -0.3 is 0 Å². The first-order chi connectivity index (χ1) is 5.43. The summed E-state index contributed by atoms with van der Waals surface area (Å²) < 4.78 is 0. The molecule has 0 spiro atoms. The van der Waals surface area contributed by atoms with Crippen molar-refractivity contribution in [3.8, 4) is 0 Å². The van der Waals surface area contributed by atoms with E-state index in [-0.39, 0.29) is 8.80 Å². The summed E-state index contributed by atoms with van der Waals surface area (Å²) in [7, 11) is -0.287. The molecule has 0 bridgehead atoms. The van der Waals surface area contributed by atoms with Crippen LogP contribution in [0.25, 0.3) is 0 Å². The molecule has 0 nitrogen and oxygen atoms in total. The molecule has 0 fully saturated rings. The Balaban J connectivity index is 2.72. The number of hydrogen-bond donors (Lipinski definition) is 0. The predicted molar refractivity (Wildman–Crippen MR) is 58.0 cm³/mol. The van der Waals surface area contributed by atoms with Gasteiger partial charge in [-0.25, -0.2) is 0 Å². The van der Waals surface area contributed by atoms with Gasteiger partial charge in [0.1, 0.15) is 0 Å². The molecule has 0 saturated heterocycles. The topological polar surface area (TPSA) is 0 Å². The molecule has 0 aliphatic heterocycles. The van der Waals surface area contributed by atoms with E-state index < -0.39 is 0 Å². The summed E-state index contributed by atoms with van der Waals surface area (Å²) >= 11 is 0. The molecule has 1 atom stereocenters. The predicted octanol–water partition coefficient (Wildman–Crippen LogP) is 3.80. The van der Waals surface area contributed by atoms with Gasteiger partial charge in [0.2, 0.25) is 0 Å². The van der Waals surface area contributed by atoms with Crippen molar-refractivity contribution in [1.29, 1.82) is 0 Å². The molecule has 0 N–H and O–H groups in total. The van der Waals surface area contributed by atoms with Crippen molar-refractivity contribution in [3.05, 3.63) is 23.8 Å². The third kappa shape index (κ3) is 1.89. The quantitative estimate of drug-likeness (QED) is 0.537. The highest BCUT2D eigenvalue weighted by Gasteiger charge is 2.30. The Morgan fingerprint density at radius 3 is 2.25 bits per heavy atom. The Kier molecular flexibility index (Phi) is 2.62. The molecule has 0 amide bonds.